The fourth-order valence-corrected chi connectivity index (χ4v) is 4.61. The number of fused-ring (bicyclic) bond motifs is 1. The molecule has 0 unspecified atom stereocenters. The van der Waals surface area contributed by atoms with Crippen molar-refractivity contribution < 1.29 is 4.79 Å². The van der Waals surface area contributed by atoms with Gasteiger partial charge in [-0.05, 0) is 37.0 Å². The number of thiazole rings is 1. The molecule has 2 heterocycles. The number of carbonyl (C=O) groups is 1. The molecular formula is C21H22N2OS. The zero-order chi connectivity index (χ0) is 17.1. The first kappa shape index (κ1) is 16.3. The summed E-state index contributed by atoms with van der Waals surface area (Å²) in [5, 5.41) is 1.06. The summed E-state index contributed by atoms with van der Waals surface area (Å²) in [6.07, 6.45) is 4.50. The molecule has 0 aliphatic carbocycles. The molecule has 1 aromatic heterocycles. The van der Waals surface area contributed by atoms with Gasteiger partial charge in [-0.3, -0.25) is 4.79 Å². The molecule has 1 amide bonds. The lowest BCUT2D eigenvalue weighted by Crippen LogP contribution is -2.36. The van der Waals surface area contributed by atoms with Crippen LogP contribution in [-0.4, -0.2) is 28.4 Å². The third-order valence-corrected chi connectivity index (χ3v) is 6.00. The highest BCUT2D eigenvalue weighted by Crippen LogP contribution is 2.25. The van der Waals surface area contributed by atoms with E-state index in [1.54, 1.807) is 11.3 Å². The van der Waals surface area contributed by atoms with Gasteiger partial charge in [0.05, 0.1) is 15.2 Å². The van der Waals surface area contributed by atoms with Gasteiger partial charge in [0.25, 0.3) is 0 Å². The van der Waals surface area contributed by atoms with E-state index in [0.29, 0.717) is 12.5 Å². The minimum absolute atomic E-state index is 0.276. The van der Waals surface area contributed by atoms with Crippen LogP contribution in [0.25, 0.3) is 10.2 Å². The van der Waals surface area contributed by atoms with Gasteiger partial charge in [-0.2, -0.15) is 0 Å². The van der Waals surface area contributed by atoms with Crippen molar-refractivity contribution in [2.24, 2.45) is 0 Å². The summed E-state index contributed by atoms with van der Waals surface area (Å²) in [6, 6.07) is 19.0. The molecule has 0 N–H and O–H groups in total. The van der Waals surface area contributed by atoms with Gasteiger partial charge < -0.3 is 4.90 Å². The SMILES string of the molecule is O=C(CCc1nc2ccccc2s1)N1CCC[C@@H]1Cc1ccccc1. The van der Waals surface area contributed by atoms with Crippen LogP contribution in [0, 0.1) is 0 Å². The maximum atomic E-state index is 12.7. The first-order chi connectivity index (χ1) is 12.3. The third kappa shape index (κ3) is 3.74. The summed E-state index contributed by atoms with van der Waals surface area (Å²) in [5.41, 5.74) is 2.36. The molecule has 0 saturated carbocycles. The predicted octanol–water partition coefficient (Wildman–Crippen LogP) is 4.46. The maximum absolute atomic E-state index is 12.7. The Labute approximate surface area is 152 Å². The molecule has 128 valence electrons. The molecule has 1 atom stereocenters. The van der Waals surface area contributed by atoms with Crippen molar-refractivity contribution in [3.63, 3.8) is 0 Å². The largest absolute Gasteiger partial charge is 0.339 e. The number of para-hydroxylation sites is 1. The Morgan fingerprint density at radius 3 is 2.76 bits per heavy atom. The van der Waals surface area contributed by atoms with Crippen molar-refractivity contribution in [3.8, 4) is 0 Å². The topological polar surface area (TPSA) is 33.2 Å². The Kier molecular flexibility index (Phi) is 4.79. The van der Waals surface area contributed by atoms with Crippen molar-refractivity contribution in [1.29, 1.82) is 0 Å². The first-order valence-corrected chi connectivity index (χ1v) is 9.79. The van der Waals surface area contributed by atoms with E-state index in [9.17, 15) is 4.79 Å². The minimum Gasteiger partial charge on any atom is -0.339 e. The number of amides is 1. The normalized spacial score (nSPS) is 17.3. The number of likely N-dealkylation sites (tertiary alicyclic amines) is 1. The summed E-state index contributed by atoms with van der Waals surface area (Å²) in [6.45, 7) is 0.899. The molecule has 0 radical (unpaired) electrons. The number of carbonyl (C=O) groups excluding carboxylic acids is 1. The van der Waals surface area contributed by atoms with Crippen LogP contribution in [0.2, 0.25) is 0 Å². The average molecular weight is 350 g/mol. The van der Waals surface area contributed by atoms with Crippen LogP contribution in [0.15, 0.2) is 54.6 Å². The van der Waals surface area contributed by atoms with Crippen LogP contribution < -0.4 is 0 Å². The molecule has 1 aliphatic rings. The van der Waals surface area contributed by atoms with Crippen LogP contribution in [0.3, 0.4) is 0 Å². The summed E-state index contributed by atoms with van der Waals surface area (Å²) < 4.78 is 1.20. The van der Waals surface area contributed by atoms with Crippen molar-refractivity contribution in [1.82, 2.24) is 9.88 Å². The Morgan fingerprint density at radius 2 is 1.92 bits per heavy atom. The quantitative estimate of drug-likeness (QED) is 0.680. The standard InChI is InChI=1S/C21H22N2OS/c24-21(13-12-20-22-18-10-4-5-11-19(18)25-20)23-14-6-9-17(23)15-16-7-2-1-3-8-16/h1-5,7-8,10-11,17H,6,9,12-15H2/t17-/m1/s1. The van der Waals surface area contributed by atoms with Gasteiger partial charge >= 0.3 is 0 Å². The highest BCUT2D eigenvalue weighted by atomic mass is 32.1. The van der Waals surface area contributed by atoms with Crippen molar-refractivity contribution in [3.05, 3.63) is 65.2 Å². The zero-order valence-electron chi connectivity index (χ0n) is 14.2. The fourth-order valence-electron chi connectivity index (χ4n) is 3.65. The van der Waals surface area contributed by atoms with Crippen molar-refractivity contribution in [2.45, 2.75) is 38.1 Å². The number of hydrogen-bond donors (Lipinski definition) is 0. The fraction of sp³-hybridized carbons (Fsp3) is 0.333. The second kappa shape index (κ2) is 7.36. The summed E-state index contributed by atoms with van der Waals surface area (Å²) in [4.78, 5) is 19.5. The lowest BCUT2D eigenvalue weighted by atomic mass is 10.0. The highest BCUT2D eigenvalue weighted by Gasteiger charge is 2.28. The summed E-state index contributed by atoms with van der Waals surface area (Å²) >= 11 is 1.70. The van der Waals surface area contributed by atoms with E-state index >= 15 is 0 Å². The summed E-state index contributed by atoms with van der Waals surface area (Å²) in [5.74, 6) is 0.276. The maximum Gasteiger partial charge on any atom is 0.223 e. The van der Waals surface area contributed by atoms with Gasteiger partial charge in [0.2, 0.25) is 5.91 Å². The molecule has 4 heteroatoms. The first-order valence-electron chi connectivity index (χ1n) is 8.97. The number of nitrogens with zero attached hydrogens (tertiary/aromatic N) is 2. The number of benzene rings is 2. The molecule has 2 aromatic carbocycles. The molecule has 4 rings (SSSR count). The smallest absolute Gasteiger partial charge is 0.223 e. The lowest BCUT2D eigenvalue weighted by molar-refractivity contribution is -0.131. The molecule has 25 heavy (non-hydrogen) atoms. The van der Waals surface area contributed by atoms with E-state index in [2.05, 4.69) is 40.2 Å². The molecule has 1 aliphatic heterocycles. The zero-order valence-corrected chi connectivity index (χ0v) is 15.0. The predicted molar refractivity (Wildman–Crippen MR) is 103 cm³/mol. The number of hydrogen-bond acceptors (Lipinski definition) is 3. The number of aromatic nitrogens is 1. The van der Waals surface area contributed by atoms with Gasteiger partial charge in [-0.15, -0.1) is 11.3 Å². The van der Waals surface area contributed by atoms with Crippen molar-refractivity contribution >= 4 is 27.5 Å². The van der Waals surface area contributed by atoms with Crippen molar-refractivity contribution in [2.75, 3.05) is 6.54 Å². The molecule has 3 aromatic rings. The molecule has 0 spiro atoms. The Morgan fingerprint density at radius 1 is 1.12 bits per heavy atom. The van der Waals surface area contributed by atoms with Crippen LogP contribution in [0.4, 0.5) is 0 Å². The molecule has 1 saturated heterocycles. The van der Waals surface area contributed by atoms with Crippen LogP contribution >= 0.6 is 11.3 Å². The van der Waals surface area contributed by atoms with Crippen LogP contribution in [-0.2, 0) is 17.6 Å². The van der Waals surface area contributed by atoms with E-state index in [1.807, 2.05) is 24.3 Å². The van der Waals surface area contributed by atoms with E-state index in [4.69, 9.17) is 0 Å². The average Bonchev–Trinajstić information content (AvgIpc) is 3.27. The highest BCUT2D eigenvalue weighted by molar-refractivity contribution is 7.18. The van der Waals surface area contributed by atoms with Gasteiger partial charge in [0, 0.05) is 25.4 Å². The Bertz CT molecular complexity index is 825. The molecule has 3 nitrogen and oxygen atoms in total. The molecule has 0 bridgehead atoms. The van der Waals surface area contributed by atoms with E-state index < -0.39 is 0 Å². The van der Waals surface area contributed by atoms with E-state index in [-0.39, 0.29) is 5.91 Å². The summed E-state index contributed by atoms with van der Waals surface area (Å²) in [7, 11) is 0. The monoisotopic (exact) mass is 350 g/mol. The third-order valence-electron chi connectivity index (χ3n) is 4.90. The van der Waals surface area contributed by atoms with Gasteiger partial charge in [-0.25, -0.2) is 4.98 Å². The number of aryl methyl sites for hydroxylation is 1. The molecule has 1 fully saturated rings. The van der Waals surface area contributed by atoms with Gasteiger partial charge in [0.1, 0.15) is 0 Å². The van der Waals surface area contributed by atoms with Gasteiger partial charge in [-0.1, -0.05) is 42.5 Å². The van der Waals surface area contributed by atoms with E-state index in [0.717, 1.165) is 42.8 Å². The second-order valence-electron chi connectivity index (χ2n) is 6.65. The van der Waals surface area contributed by atoms with Crippen LogP contribution in [0.1, 0.15) is 29.8 Å². The Hall–Kier alpha value is -2.20. The lowest BCUT2D eigenvalue weighted by Gasteiger charge is -2.25. The molecular weight excluding hydrogens is 328 g/mol. The number of rotatable bonds is 5. The Balaban J connectivity index is 1.38. The van der Waals surface area contributed by atoms with Gasteiger partial charge in [0.15, 0.2) is 0 Å². The minimum atomic E-state index is 0.276. The second-order valence-corrected chi connectivity index (χ2v) is 7.76. The van der Waals surface area contributed by atoms with E-state index in [1.165, 1.54) is 10.3 Å². The van der Waals surface area contributed by atoms with Crippen LogP contribution in [0.5, 0.6) is 0 Å².